The minimum atomic E-state index is 0.212. The monoisotopic (exact) mass is 238 g/mol. The molecule has 88 valence electrons. The normalized spacial score (nSPS) is 11.9. The van der Waals surface area contributed by atoms with Crippen molar-refractivity contribution in [3.05, 3.63) is 30.3 Å². The van der Waals surface area contributed by atoms with E-state index in [0.29, 0.717) is 11.7 Å². The van der Waals surface area contributed by atoms with Crippen LogP contribution >= 0.6 is 12.2 Å². The second-order valence-corrected chi connectivity index (χ2v) is 3.93. The van der Waals surface area contributed by atoms with Gasteiger partial charge in [-0.25, -0.2) is 0 Å². The SMILES string of the molecule is CCOCC(C)NC(=S)Nc1ccccc1. The van der Waals surface area contributed by atoms with E-state index in [4.69, 9.17) is 17.0 Å². The fourth-order valence-electron chi connectivity index (χ4n) is 1.25. The largest absolute Gasteiger partial charge is 0.380 e. The molecule has 0 saturated heterocycles. The van der Waals surface area contributed by atoms with Gasteiger partial charge in [0, 0.05) is 18.3 Å². The van der Waals surface area contributed by atoms with Gasteiger partial charge in [0.1, 0.15) is 0 Å². The molecule has 0 radical (unpaired) electrons. The molecule has 0 bridgehead atoms. The number of benzene rings is 1. The van der Waals surface area contributed by atoms with E-state index in [-0.39, 0.29) is 6.04 Å². The van der Waals surface area contributed by atoms with E-state index in [1.54, 1.807) is 0 Å². The molecule has 1 aromatic carbocycles. The van der Waals surface area contributed by atoms with Crippen LogP contribution in [0.3, 0.4) is 0 Å². The van der Waals surface area contributed by atoms with Crippen LogP contribution in [0.1, 0.15) is 13.8 Å². The topological polar surface area (TPSA) is 33.3 Å². The third-order valence-corrected chi connectivity index (χ3v) is 2.20. The van der Waals surface area contributed by atoms with E-state index >= 15 is 0 Å². The highest BCUT2D eigenvalue weighted by Gasteiger charge is 2.03. The molecule has 0 aliphatic carbocycles. The Morgan fingerprint density at radius 1 is 1.38 bits per heavy atom. The molecular formula is C12H18N2OS. The van der Waals surface area contributed by atoms with Crippen molar-refractivity contribution in [2.45, 2.75) is 19.9 Å². The highest BCUT2D eigenvalue weighted by Crippen LogP contribution is 2.04. The number of anilines is 1. The Morgan fingerprint density at radius 2 is 2.06 bits per heavy atom. The molecule has 0 heterocycles. The first-order valence-electron chi connectivity index (χ1n) is 5.42. The Bertz CT molecular complexity index is 316. The van der Waals surface area contributed by atoms with Gasteiger partial charge in [-0.15, -0.1) is 0 Å². The fraction of sp³-hybridized carbons (Fsp3) is 0.417. The highest BCUT2D eigenvalue weighted by atomic mass is 32.1. The zero-order chi connectivity index (χ0) is 11.8. The molecule has 0 fully saturated rings. The van der Waals surface area contributed by atoms with E-state index in [2.05, 4.69) is 10.6 Å². The van der Waals surface area contributed by atoms with E-state index in [9.17, 15) is 0 Å². The second-order valence-electron chi connectivity index (χ2n) is 3.53. The van der Waals surface area contributed by atoms with Crippen molar-refractivity contribution >= 4 is 23.0 Å². The molecule has 1 aromatic rings. The minimum absolute atomic E-state index is 0.212. The Kier molecular flexibility index (Phi) is 5.82. The van der Waals surface area contributed by atoms with Gasteiger partial charge in [0.2, 0.25) is 0 Å². The van der Waals surface area contributed by atoms with E-state index in [1.807, 2.05) is 44.2 Å². The standard InChI is InChI=1S/C12H18N2OS/c1-3-15-9-10(2)13-12(16)14-11-7-5-4-6-8-11/h4-8,10H,3,9H2,1-2H3,(H2,13,14,16). The van der Waals surface area contributed by atoms with Crippen LogP contribution in [-0.4, -0.2) is 24.4 Å². The van der Waals surface area contributed by atoms with Gasteiger partial charge in [0.05, 0.1) is 6.61 Å². The Labute approximate surface area is 102 Å². The number of hydrogen-bond donors (Lipinski definition) is 2. The molecule has 4 heteroatoms. The Balaban J connectivity index is 2.31. The molecule has 1 unspecified atom stereocenters. The number of para-hydroxylation sites is 1. The molecule has 1 atom stereocenters. The first kappa shape index (κ1) is 12.9. The number of thiocarbonyl (C=S) groups is 1. The maximum Gasteiger partial charge on any atom is 0.171 e. The molecule has 0 aromatic heterocycles. The quantitative estimate of drug-likeness (QED) is 0.772. The lowest BCUT2D eigenvalue weighted by atomic mass is 10.3. The average Bonchev–Trinajstić information content (AvgIpc) is 2.27. The molecule has 0 saturated carbocycles. The maximum atomic E-state index is 5.30. The molecule has 0 aliphatic rings. The molecule has 0 spiro atoms. The first-order valence-corrected chi connectivity index (χ1v) is 5.83. The zero-order valence-corrected chi connectivity index (χ0v) is 10.5. The summed E-state index contributed by atoms with van der Waals surface area (Å²) < 4.78 is 5.30. The third kappa shape index (κ3) is 5.09. The predicted octanol–water partition coefficient (Wildman–Crippen LogP) is 2.40. The van der Waals surface area contributed by atoms with Gasteiger partial charge < -0.3 is 15.4 Å². The lowest BCUT2D eigenvalue weighted by molar-refractivity contribution is 0.133. The van der Waals surface area contributed by atoms with Crippen LogP contribution in [0, 0.1) is 0 Å². The van der Waals surface area contributed by atoms with Gasteiger partial charge in [-0.1, -0.05) is 18.2 Å². The molecule has 3 nitrogen and oxygen atoms in total. The summed E-state index contributed by atoms with van der Waals surface area (Å²) in [6.45, 7) is 5.40. The highest BCUT2D eigenvalue weighted by molar-refractivity contribution is 7.80. The van der Waals surface area contributed by atoms with Crippen LogP contribution in [-0.2, 0) is 4.74 Å². The van der Waals surface area contributed by atoms with Gasteiger partial charge >= 0.3 is 0 Å². The molecular weight excluding hydrogens is 220 g/mol. The van der Waals surface area contributed by atoms with Crippen molar-refractivity contribution in [2.75, 3.05) is 18.5 Å². The number of nitrogens with one attached hydrogen (secondary N) is 2. The molecule has 1 rings (SSSR count). The number of hydrogen-bond acceptors (Lipinski definition) is 2. The molecule has 2 N–H and O–H groups in total. The van der Waals surface area contributed by atoms with Crippen molar-refractivity contribution < 1.29 is 4.74 Å². The van der Waals surface area contributed by atoms with Crippen LogP contribution < -0.4 is 10.6 Å². The van der Waals surface area contributed by atoms with Gasteiger partial charge in [-0.2, -0.15) is 0 Å². The van der Waals surface area contributed by atoms with Gasteiger partial charge in [0.15, 0.2) is 5.11 Å². The zero-order valence-electron chi connectivity index (χ0n) is 9.69. The van der Waals surface area contributed by atoms with Crippen LogP contribution in [0.25, 0.3) is 0 Å². The summed E-state index contributed by atoms with van der Waals surface area (Å²) in [7, 11) is 0. The number of ether oxygens (including phenoxy) is 1. The van der Waals surface area contributed by atoms with Gasteiger partial charge in [-0.3, -0.25) is 0 Å². The van der Waals surface area contributed by atoms with Crippen molar-refractivity contribution in [3.8, 4) is 0 Å². The summed E-state index contributed by atoms with van der Waals surface area (Å²) in [6, 6.07) is 10.1. The van der Waals surface area contributed by atoms with Crippen LogP contribution in [0.5, 0.6) is 0 Å². The fourth-order valence-corrected chi connectivity index (χ4v) is 1.57. The summed E-state index contributed by atoms with van der Waals surface area (Å²) in [5.74, 6) is 0. The van der Waals surface area contributed by atoms with E-state index < -0.39 is 0 Å². The van der Waals surface area contributed by atoms with Crippen LogP contribution in [0.15, 0.2) is 30.3 Å². The Morgan fingerprint density at radius 3 is 2.69 bits per heavy atom. The van der Waals surface area contributed by atoms with Crippen molar-refractivity contribution in [3.63, 3.8) is 0 Å². The molecule has 0 aliphatic heterocycles. The number of rotatable bonds is 5. The average molecular weight is 238 g/mol. The third-order valence-electron chi connectivity index (χ3n) is 1.98. The summed E-state index contributed by atoms with van der Waals surface area (Å²) in [5.41, 5.74) is 0.989. The van der Waals surface area contributed by atoms with Crippen molar-refractivity contribution in [2.24, 2.45) is 0 Å². The van der Waals surface area contributed by atoms with Crippen LogP contribution in [0.4, 0.5) is 5.69 Å². The second kappa shape index (κ2) is 7.19. The smallest absolute Gasteiger partial charge is 0.171 e. The Hall–Kier alpha value is -1.13. The first-order chi connectivity index (χ1) is 7.72. The lowest BCUT2D eigenvalue weighted by Gasteiger charge is -2.16. The van der Waals surface area contributed by atoms with Crippen molar-refractivity contribution in [1.29, 1.82) is 0 Å². The minimum Gasteiger partial charge on any atom is -0.380 e. The predicted molar refractivity (Wildman–Crippen MR) is 71.8 cm³/mol. The van der Waals surface area contributed by atoms with Gasteiger partial charge in [0.25, 0.3) is 0 Å². The van der Waals surface area contributed by atoms with E-state index in [1.165, 1.54) is 0 Å². The van der Waals surface area contributed by atoms with E-state index in [0.717, 1.165) is 12.3 Å². The maximum absolute atomic E-state index is 5.30. The summed E-state index contributed by atoms with van der Waals surface area (Å²) in [4.78, 5) is 0. The van der Waals surface area contributed by atoms with Crippen molar-refractivity contribution in [1.82, 2.24) is 5.32 Å². The van der Waals surface area contributed by atoms with Gasteiger partial charge in [-0.05, 0) is 38.2 Å². The molecule has 16 heavy (non-hydrogen) atoms. The van der Waals surface area contributed by atoms with Crippen LogP contribution in [0.2, 0.25) is 0 Å². The molecule has 0 amide bonds. The summed E-state index contributed by atoms with van der Waals surface area (Å²) >= 11 is 5.18. The summed E-state index contributed by atoms with van der Waals surface area (Å²) in [6.07, 6.45) is 0. The lowest BCUT2D eigenvalue weighted by Crippen LogP contribution is -2.38. The summed E-state index contributed by atoms with van der Waals surface area (Å²) in [5, 5.41) is 6.90.